The average molecular weight is 439 g/mol. The minimum Gasteiger partial charge on any atom is -0.304 e. The van der Waals surface area contributed by atoms with Crippen LogP contribution in [-0.4, -0.2) is 69.8 Å². The van der Waals surface area contributed by atoms with Crippen LogP contribution >= 0.6 is 0 Å². The van der Waals surface area contributed by atoms with E-state index in [1.807, 2.05) is 30.3 Å². The van der Waals surface area contributed by atoms with Crippen molar-refractivity contribution in [3.63, 3.8) is 0 Å². The number of nitrogens with zero attached hydrogens (tertiary/aromatic N) is 2. The van der Waals surface area contributed by atoms with Gasteiger partial charge in [0.2, 0.25) is 10.0 Å². The lowest BCUT2D eigenvalue weighted by atomic mass is 10.1. The van der Waals surface area contributed by atoms with Crippen LogP contribution < -0.4 is 0 Å². The third-order valence-electron chi connectivity index (χ3n) is 5.69. The molecule has 0 aromatic heterocycles. The summed E-state index contributed by atoms with van der Waals surface area (Å²) in [7, 11) is -6.97. The van der Waals surface area contributed by atoms with E-state index in [1.54, 1.807) is 12.1 Å². The number of fused-ring (bicyclic) bond motifs is 1. The Balaban J connectivity index is 1.90. The standard InChI is InChI=1S/C21H30N2O4S2/c1-3-22(4-2)13-7-14-23(20-12-15-28(24,25)17-20)29(26,27)21-11-10-18-8-5-6-9-19(18)16-21/h5-6,8-11,16,20H,3-4,7,12-15,17H2,1-2H3/t20-/m0/s1. The monoisotopic (exact) mass is 438 g/mol. The lowest BCUT2D eigenvalue weighted by molar-refractivity contribution is 0.269. The Labute approximate surface area is 174 Å². The summed E-state index contributed by atoms with van der Waals surface area (Å²) >= 11 is 0. The molecular weight excluding hydrogens is 408 g/mol. The highest BCUT2D eigenvalue weighted by atomic mass is 32.2. The van der Waals surface area contributed by atoms with Crippen molar-refractivity contribution in [2.45, 2.75) is 37.6 Å². The molecule has 1 heterocycles. The Morgan fingerprint density at radius 2 is 1.69 bits per heavy atom. The van der Waals surface area contributed by atoms with E-state index in [1.165, 1.54) is 4.31 Å². The number of hydrogen-bond acceptors (Lipinski definition) is 5. The van der Waals surface area contributed by atoms with Crippen LogP contribution in [0.3, 0.4) is 0 Å². The number of sulfone groups is 1. The maximum Gasteiger partial charge on any atom is 0.243 e. The molecule has 0 amide bonds. The molecule has 0 radical (unpaired) electrons. The molecule has 6 nitrogen and oxygen atoms in total. The van der Waals surface area contributed by atoms with Gasteiger partial charge in [0, 0.05) is 12.6 Å². The van der Waals surface area contributed by atoms with Crippen LogP contribution in [0.2, 0.25) is 0 Å². The van der Waals surface area contributed by atoms with E-state index in [4.69, 9.17) is 0 Å². The fourth-order valence-electron chi connectivity index (χ4n) is 3.95. The Kier molecular flexibility index (Phi) is 6.98. The summed E-state index contributed by atoms with van der Waals surface area (Å²) < 4.78 is 52.5. The molecule has 0 N–H and O–H groups in total. The third-order valence-corrected chi connectivity index (χ3v) is 9.39. The molecule has 0 aliphatic carbocycles. The van der Waals surface area contributed by atoms with Gasteiger partial charge in [-0.25, -0.2) is 16.8 Å². The molecule has 8 heteroatoms. The van der Waals surface area contributed by atoms with E-state index in [2.05, 4.69) is 18.7 Å². The van der Waals surface area contributed by atoms with Crippen molar-refractivity contribution in [1.82, 2.24) is 9.21 Å². The highest BCUT2D eigenvalue weighted by Gasteiger charge is 2.38. The summed E-state index contributed by atoms with van der Waals surface area (Å²) in [5.74, 6) is -0.0392. The van der Waals surface area contributed by atoms with Gasteiger partial charge in [0.1, 0.15) is 0 Å². The molecule has 0 unspecified atom stereocenters. The summed E-state index contributed by atoms with van der Waals surface area (Å²) in [5.41, 5.74) is 0. The molecule has 0 spiro atoms. The van der Waals surface area contributed by atoms with Gasteiger partial charge in [-0.2, -0.15) is 4.31 Å². The topological polar surface area (TPSA) is 74.8 Å². The van der Waals surface area contributed by atoms with Gasteiger partial charge >= 0.3 is 0 Å². The predicted molar refractivity (Wildman–Crippen MR) is 117 cm³/mol. The molecule has 1 atom stereocenters. The second kappa shape index (κ2) is 9.12. The number of rotatable bonds is 9. The number of sulfonamides is 1. The van der Waals surface area contributed by atoms with Crippen LogP contribution in [-0.2, 0) is 19.9 Å². The van der Waals surface area contributed by atoms with Gasteiger partial charge < -0.3 is 4.90 Å². The van der Waals surface area contributed by atoms with E-state index in [0.29, 0.717) is 19.4 Å². The van der Waals surface area contributed by atoms with Gasteiger partial charge in [-0.1, -0.05) is 44.2 Å². The molecule has 1 aliphatic rings. The first kappa shape index (κ1) is 22.2. The van der Waals surface area contributed by atoms with E-state index in [0.717, 1.165) is 30.4 Å². The highest BCUT2D eigenvalue weighted by Crippen LogP contribution is 2.27. The van der Waals surface area contributed by atoms with Gasteiger partial charge in [0.25, 0.3) is 0 Å². The number of benzene rings is 2. The molecule has 1 saturated heterocycles. The zero-order valence-corrected chi connectivity index (χ0v) is 18.8. The largest absolute Gasteiger partial charge is 0.304 e. The van der Waals surface area contributed by atoms with Crippen molar-refractivity contribution in [3.8, 4) is 0 Å². The van der Waals surface area contributed by atoms with Crippen molar-refractivity contribution >= 4 is 30.6 Å². The van der Waals surface area contributed by atoms with Crippen molar-refractivity contribution in [2.75, 3.05) is 37.7 Å². The van der Waals surface area contributed by atoms with Crippen molar-refractivity contribution in [3.05, 3.63) is 42.5 Å². The van der Waals surface area contributed by atoms with Crippen LogP contribution in [0.4, 0.5) is 0 Å². The van der Waals surface area contributed by atoms with Gasteiger partial charge in [-0.3, -0.25) is 0 Å². The molecule has 2 aromatic rings. The summed E-state index contributed by atoms with van der Waals surface area (Å²) in [5, 5.41) is 1.83. The molecule has 1 aliphatic heterocycles. The zero-order valence-electron chi connectivity index (χ0n) is 17.1. The fourth-order valence-corrected chi connectivity index (χ4v) is 7.51. The SMILES string of the molecule is CCN(CC)CCCN([C@H]1CCS(=O)(=O)C1)S(=O)(=O)c1ccc2ccccc2c1. The fraction of sp³-hybridized carbons (Fsp3) is 0.524. The van der Waals surface area contributed by atoms with Gasteiger partial charge in [-0.15, -0.1) is 0 Å². The molecule has 0 bridgehead atoms. The molecule has 160 valence electrons. The van der Waals surface area contributed by atoms with Crippen LogP contribution in [0.1, 0.15) is 26.7 Å². The lowest BCUT2D eigenvalue weighted by Crippen LogP contribution is -2.42. The Bertz CT molecular complexity index is 1050. The third kappa shape index (κ3) is 5.17. The van der Waals surface area contributed by atoms with E-state index in [9.17, 15) is 16.8 Å². The van der Waals surface area contributed by atoms with Crippen LogP contribution in [0.15, 0.2) is 47.4 Å². The Morgan fingerprint density at radius 1 is 1.00 bits per heavy atom. The van der Waals surface area contributed by atoms with Crippen molar-refractivity contribution < 1.29 is 16.8 Å². The minimum absolute atomic E-state index is 0.0530. The first-order valence-electron chi connectivity index (χ1n) is 10.2. The second-order valence-corrected chi connectivity index (χ2v) is 11.7. The molecule has 29 heavy (non-hydrogen) atoms. The molecular formula is C21H30N2O4S2. The lowest BCUT2D eigenvalue weighted by Gasteiger charge is -2.28. The van der Waals surface area contributed by atoms with E-state index < -0.39 is 25.9 Å². The van der Waals surface area contributed by atoms with Crippen LogP contribution in [0.25, 0.3) is 10.8 Å². The van der Waals surface area contributed by atoms with Crippen LogP contribution in [0, 0.1) is 0 Å². The second-order valence-electron chi connectivity index (χ2n) is 7.56. The molecule has 3 rings (SSSR count). The minimum atomic E-state index is -3.79. The maximum absolute atomic E-state index is 13.5. The first-order chi connectivity index (χ1) is 13.8. The predicted octanol–water partition coefficient (Wildman–Crippen LogP) is 2.75. The quantitative estimate of drug-likeness (QED) is 0.602. The zero-order chi connectivity index (χ0) is 21.1. The Morgan fingerprint density at radius 3 is 2.31 bits per heavy atom. The normalized spacial score (nSPS) is 19.4. The molecule has 2 aromatic carbocycles. The maximum atomic E-state index is 13.5. The van der Waals surface area contributed by atoms with Gasteiger partial charge in [0.15, 0.2) is 9.84 Å². The molecule has 1 fully saturated rings. The van der Waals surface area contributed by atoms with Crippen LogP contribution in [0.5, 0.6) is 0 Å². The van der Waals surface area contributed by atoms with Crippen molar-refractivity contribution in [1.29, 1.82) is 0 Å². The van der Waals surface area contributed by atoms with Gasteiger partial charge in [-0.05, 0) is 55.4 Å². The first-order valence-corrected chi connectivity index (χ1v) is 13.5. The Hall–Kier alpha value is -1.48. The average Bonchev–Trinajstić information content (AvgIpc) is 3.06. The summed E-state index contributed by atoms with van der Waals surface area (Å²) in [6.07, 6.45) is 1.03. The highest BCUT2D eigenvalue weighted by molar-refractivity contribution is 7.92. The summed E-state index contributed by atoms with van der Waals surface area (Å²) in [6, 6.07) is 12.2. The molecule has 0 saturated carbocycles. The summed E-state index contributed by atoms with van der Waals surface area (Å²) in [6.45, 7) is 7.09. The summed E-state index contributed by atoms with van der Waals surface area (Å²) in [4.78, 5) is 2.47. The van der Waals surface area contributed by atoms with Crippen molar-refractivity contribution in [2.24, 2.45) is 0 Å². The smallest absolute Gasteiger partial charge is 0.243 e. The van der Waals surface area contributed by atoms with E-state index in [-0.39, 0.29) is 16.4 Å². The van der Waals surface area contributed by atoms with Gasteiger partial charge in [0.05, 0.1) is 16.4 Å². The number of hydrogen-bond donors (Lipinski definition) is 0. The van der Waals surface area contributed by atoms with E-state index >= 15 is 0 Å².